The second-order valence-electron chi connectivity index (χ2n) is 7.84. The Balaban J connectivity index is 1.45. The molecule has 0 unspecified atom stereocenters. The van der Waals surface area contributed by atoms with E-state index in [2.05, 4.69) is 10.3 Å². The molecule has 1 aromatic heterocycles. The van der Waals surface area contributed by atoms with Gasteiger partial charge < -0.3 is 24.8 Å². The van der Waals surface area contributed by atoms with Gasteiger partial charge in [-0.1, -0.05) is 35.9 Å². The third kappa shape index (κ3) is 5.53. The number of hydrogen-bond acceptors (Lipinski definition) is 6. The van der Waals surface area contributed by atoms with Gasteiger partial charge >= 0.3 is 0 Å². The van der Waals surface area contributed by atoms with Gasteiger partial charge in [0.25, 0.3) is 5.91 Å². The van der Waals surface area contributed by atoms with Crippen molar-refractivity contribution in [2.45, 2.75) is 18.7 Å². The van der Waals surface area contributed by atoms with Crippen molar-refractivity contribution in [2.24, 2.45) is 0 Å². The third-order valence-corrected chi connectivity index (χ3v) is 5.82. The Morgan fingerprint density at radius 2 is 1.97 bits per heavy atom. The van der Waals surface area contributed by atoms with Crippen molar-refractivity contribution < 1.29 is 24.2 Å². The van der Waals surface area contributed by atoms with E-state index in [4.69, 9.17) is 21.1 Å². The summed E-state index contributed by atoms with van der Waals surface area (Å²) in [6, 6.07) is 16.7. The fraction of sp³-hybridized carbons (Fsp3) is 0.240. The zero-order valence-electron chi connectivity index (χ0n) is 18.5. The minimum atomic E-state index is -0.966. The maximum atomic E-state index is 12.6. The van der Waals surface area contributed by atoms with E-state index >= 15 is 0 Å². The molecule has 4 rings (SSSR count). The van der Waals surface area contributed by atoms with Gasteiger partial charge in [-0.05, 0) is 47.5 Å². The van der Waals surface area contributed by atoms with E-state index in [1.807, 2.05) is 24.3 Å². The lowest BCUT2D eigenvalue weighted by atomic mass is 9.99. The number of amides is 2. The van der Waals surface area contributed by atoms with Gasteiger partial charge in [-0.25, -0.2) is 4.98 Å². The summed E-state index contributed by atoms with van der Waals surface area (Å²) < 4.78 is 10.6. The number of ether oxygens (including phenoxy) is 2. The van der Waals surface area contributed by atoms with Crippen molar-refractivity contribution in [2.75, 3.05) is 25.6 Å². The van der Waals surface area contributed by atoms with Gasteiger partial charge in [0.15, 0.2) is 0 Å². The first-order valence-corrected chi connectivity index (χ1v) is 11.0. The molecular weight excluding hydrogens is 458 g/mol. The number of carbonyl (C=O) groups is 2. The third-order valence-electron chi connectivity index (χ3n) is 5.61. The number of carbonyl (C=O) groups excluding carboxylic acids is 2. The number of anilines is 1. The normalized spacial score (nSPS) is 16.7. The monoisotopic (exact) mass is 481 g/mol. The Morgan fingerprint density at radius 1 is 1.24 bits per heavy atom. The van der Waals surface area contributed by atoms with Gasteiger partial charge in [0.1, 0.15) is 23.6 Å². The highest BCUT2D eigenvalue weighted by atomic mass is 35.5. The van der Waals surface area contributed by atoms with Crippen LogP contribution in [0.15, 0.2) is 66.9 Å². The van der Waals surface area contributed by atoms with Crippen molar-refractivity contribution in [1.29, 1.82) is 0 Å². The van der Waals surface area contributed by atoms with Crippen molar-refractivity contribution >= 4 is 29.1 Å². The van der Waals surface area contributed by atoms with Crippen LogP contribution in [0.2, 0.25) is 5.15 Å². The van der Waals surface area contributed by atoms with Crippen LogP contribution >= 0.6 is 11.6 Å². The van der Waals surface area contributed by atoms with Crippen molar-refractivity contribution in [3.63, 3.8) is 0 Å². The quantitative estimate of drug-likeness (QED) is 0.501. The molecule has 2 amide bonds. The Bertz CT molecular complexity index is 1150. The second-order valence-corrected chi connectivity index (χ2v) is 8.23. The number of aromatic nitrogens is 1. The lowest BCUT2D eigenvalue weighted by molar-refractivity contribution is -0.155. The number of nitrogens with one attached hydrogen (secondary N) is 1. The molecule has 2 atom stereocenters. The van der Waals surface area contributed by atoms with Crippen LogP contribution in [0.4, 0.5) is 5.69 Å². The summed E-state index contributed by atoms with van der Waals surface area (Å²) in [5.41, 5.74) is 2.46. The van der Waals surface area contributed by atoms with E-state index in [-0.39, 0.29) is 30.2 Å². The molecule has 0 aliphatic carbocycles. The van der Waals surface area contributed by atoms with Crippen LogP contribution in [0.3, 0.4) is 0 Å². The van der Waals surface area contributed by atoms with Gasteiger partial charge in [-0.3, -0.25) is 9.59 Å². The summed E-state index contributed by atoms with van der Waals surface area (Å²) >= 11 is 5.85. The largest absolute Gasteiger partial charge is 0.497 e. The number of methoxy groups -OCH3 is 1. The summed E-state index contributed by atoms with van der Waals surface area (Å²) in [4.78, 5) is 30.5. The molecule has 3 aromatic rings. The Labute approximate surface area is 202 Å². The number of nitrogens with zero attached hydrogens (tertiary/aromatic N) is 2. The SMILES string of the molecule is COc1ccc(CN2C(=O)COC[C@@H]2[C@H](O)c2ccc(NC(=O)c3ccnc(Cl)c3)cc2)cc1. The summed E-state index contributed by atoms with van der Waals surface area (Å²) in [7, 11) is 1.60. The molecule has 0 saturated carbocycles. The van der Waals surface area contributed by atoms with Crippen molar-refractivity contribution in [1.82, 2.24) is 9.88 Å². The number of morpholine rings is 1. The van der Waals surface area contributed by atoms with Gasteiger partial charge in [0, 0.05) is 24.0 Å². The maximum Gasteiger partial charge on any atom is 0.255 e. The van der Waals surface area contributed by atoms with Crippen LogP contribution < -0.4 is 10.1 Å². The average molecular weight is 482 g/mol. The van der Waals surface area contributed by atoms with E-state index < -0.39 is 12.1 Å². The molecule has 9 heteroatoms. The van der Waals surface area contributed by atoms with Gasteiger partial charge in [-0.15, -0.1) is 0 Å². The predicted molar refractivity (Wildman–Crippen MR) is 127 cm³/mol. The topological polar surface area (TPSA) is 101 Å². The molecule has 176 valence electrons. The standard InChI is InChI=1S/C25H24ClN3O5/c1-33-20-8-2-16(3-9-20)13-29-21(14-34-15-23(29)30)24(31)17-4-6-19(7-5-17)28-25(32)18-10-11-27-22(26)12-18/h2-12,21,24,31H,13-15H2,1H3,(H,28,32)/t21-,24-/m1/s1. The number of aliphatic hydroxyl groups excluding tert-OH is 1. The second kappa shape index (κ2) is 10.6. The summed E-state index contributed by atoms with van der Waals surface area (Å²) in [5.74, 6) is 0.216. The van der Waals surface area contributed by atoms with Gasteiger partial charge in [-0.2, -0.15) is 0 Å². The zero-order chi connectivity index (χ0) is 24.1. The number of rotatable bonds is 7. The van der Waals surface area contributed by atoms with Crippen molar-refractivity contribution in [3.05, 3.63) is 88.7 Å². The Morgan fingerprint density at radius 3 is 2.65 bits per heavy atom. The van der Waals surface area contributed by atoms with Crippen molar-refractivity contribution in [3.8, 4) is 5.75 Å². The predicted octanol–water partition coefficient (Wildman–Crippen LogP) is 3.46. The first-order valence-electron chi connectivity index (χ1n) is 10.7. The van der Waals surface area contributed by atoms with Gasteiger partial charge in [0.05, 0.1) is 19.8 Å². The van der Waals surface area contributed by atoms with Crippen LogP contribution in [0.1, 0.15) is 27.6 Å². The van der Waals surface area contributed by atoms with Crippen LogP contribution in [0.25, 0.3) is 0 Å². The summed E-state index contributed by atoms with van der Waals surface area (Å²) in [6.07, 6.45) is 0.494. The molecule has 0 bridgehead atoms. The highest BCUT2D eigenvalue weighted by molar-refractivity contribution is 6.29. The molecule has 2 heterocycles. The van der Waals surface area contributed by atoms with Gasteiger partial charge in [0.2, 0.25) is 5.91 Å². The van der Waals surface area contributed by atoms with E-state index in [0.717, 1.165) is 11.3 Å². The number of halogens is 1. The van der Waals surface area contributed by atoms with E-state index in [1.54, 1.807) is 42.3 Å². The first kappa shape index (κ1) is 23.7. The molecule has 1 aliphatic rings. The number of pyridine rings is 1. The Kier molecular flexibility index (Phi) is 7.42. The molecule has 1 fully saturated rings. The minimum Gasteiger partial charge on any atom is -0.497 e. The van der Waals surface area contributed by atoms with E-state index in [0.29, 0.717) is 23.4 Å². The fourth-order valence-electron chi connectivity index (χ4n) is 3.75. The first-order chi connectivity index (χ1) is 16.4. The van der Waals surface area contributed by atoms with Crippen LogP contribution in [0, 0.1) is 0 Å². The Hall–Kier alpha value is -3.46. The number of hydrogen-bond donors (Lipinski definition) is 2. The average Bonchev–Trinajstić information content (AvgIpc) is 2.86. The van der Waals surface area contributed by atoms with Crippen LogP contribution in [-0.2, 0) is 16.1 Å². The molecular formula is C25H24ClN3O5. The minimum absolute atomic E-state index is 0.0244. The molecule has 34 heavy (non-hydrogen) atoms. The number of aliphatic hydroxyl groups is 1. The highest BCUT2D eigenvalue weighted by Crippen LogP contribution is 2.27. The maximum absolute atomic E-state index is 12.6. The molecule has 2 aromatic carbocycles. The fourth-order valence-corrected chi connectivity index (χ4v) is 3.93. The van der Waals surface area contributed by atoms with E-state index in [1.165, 1.54) is 12.3 Å². The van der Waals surface area contributed by atoms with Crippen LogP contribution in [-0.4, -0.2) is 53.2 Å². The molecule has 1 aliphatic heterocycles. The lowest BCUT2D eigenvalue weighted by Gasteiger charge is -2.38. The molecule has 2 N–H and O–H groups in total. The molecule has 8 nitrogen and oxygen atoms in total. The molecule has 0 spiro atoms. The molecule has 0 radical (unpaired) electrons. The van der Waals surface area contributed by atoms with Crippen LogP contribution in [0.5, 0.6) is 5.75 Å². The lowest BCUT2D eigenvalue weighted by Crippen LogP contribution is -2.51. The molecule has 1 saturated heterocycles. The zero-order valence-corrected chi connectivity index (χ0v) is 19.2. The number of benzene rings is 2. The van der Waals surface area contributed by atoms with E-state index in [9.17, 15) is 14.7 Å². The highest BCUT2D eigenvalue weighted by Gasteiger charge is 2.34. The summed E-state index contributed by atoms with van der Waals surface area (Å²) in [6.45, 7) is 0.532. The summed E-state index contributed by atoms with van der Waals surface area (Å²) in [5, 5.41) is 14.1. The smallest absolute Gasteiger partial charge is 0.255 e.